The van der Waals surface area contributed by atoms with Gasteiger partial charge in [-0.15, -0.1) is 0 Å². The molecule has 68 valence electrons. The van der Waals surface area contributed by atoms with E-state index in [2.05, 4.69) is 0 Å². The van der Waals surface area contributed by atoms with E-state index >= 15 is 0 Å². The third-order valence-electron chi connectivity index (χ3n) is 1.49. The Morgan fingerprint density at radius 1 is 1.58 bits per heavy atom. The number of hydrogen-bond donors (Lipinski definition) is 0. The van der Waals surface area contributed by atoms with Crippen LogP contribution in [0, 0.1) is 16.7 Å². The van der Waals surface area contributed by atoms with Gasteiger partial charge in [0, 0.05) is 6.42 Å². The molecular formula is C9H15NO2. The van der Waals surface area contributed by atoms with Crippen LogP contribution in [0.5, 0.6) is 0 Å². The van der Waals surface area contributed by atoms with Crippen LogP contribution in [0.15, 0.2) is 0 Å². The lowest BCUT2D eigenvalue weighted by Crippen LogP contribution is -2.18. The largest absolute Gasteiger partial charge is 0.466 e. The van der Waals surface area contributed by atoms with E-state index in [1.165, 1.54) is 0 Å². The van der Waals surface area contributed by atoms with E-state index in [0.717, 1.165) is 0 Å². The minimum atomic E-state index is -0.263. The molecule has 0 fully saturated rings. The summed E-state index contributed by atoms with van der Waals surface area (Å²) in [6.07, 6.45) is 0.695. The van der Waals surface area contributed by atoms with Crippen molar-refractivity contribution in [3.63, 3.8) is 0 Å². The molecule has 0 heterocycles. The van der Waals surface area contributed by atoms with Crippen LogP contribution >= 0.6 is 0 Å². The van der Waals surface area contributed by atoms with E-state index in [1.54, 1.807) is 6.92 Å². The van der Waals surface area contributed by atoms with Crippen LogP contribution in [0.1, 0.15) is 33.6 Å². The molecule has 0 aromatic rings. The highest BCUT2D eigenvalue weighted by atomic mass is 16.5. The van der Waals surface area contributed by atoms with Crippen molar-refractivity contribution < 1.29 is 9.53 Å². The molecule has 0 unspecified atom stereocenters. The standard InChI is InChI=1S/C9H15NO2/c1-4-12-8(11)7-9(2,3)5-6-10/h4-5,7H2,1-3H3. The lowest BCUT2D eigenvalue weighted by atomic mass is 9.86. The summed E-state index contributed by atoms with van der Waals surface area (Å²) in [7, 11) is 0. The number of nitrogens with zero attached hydrogens (tertiary/aromatic N) is 1. The van der Waals surface area contributed by atoms with Crippen LogP contribution in [0.3, 0.4) is 0 Å². The van der Waals surface area contributed by atoms with Crippen molar-refractivity contribution >= 4 is 5.97 Å². The molecular weight excluding hydrogens is 154 g/mol. The van der Waals surface area contributed by atoms with Gasteiger partial charge in [-0.25, -0.2) is 0 Å². The van der Waals surface area contributed by atoms with Gasteiger partial charge in [0.25, 0.3) is 0 Å². The molecule has 0 saturated heterocycles. The van der Waals surface area contributed by atoms with Crippen molar-refractivity contribution in [1.82, 2.24) is 0 Å². The quantitative estimate of drug-likeness (QED) is 0.604. The number of rotatable bonds is 4. The van der Waals surface area contributed by atoms with Crippen molar-refractivity contribution in [2.75, 3.05) is 6.61 Å². The van der Waals surface area contributed by atoms with E-state index in [0.29, 0.717) is 19.4 Å². The second kappa shape index (κ2) is 4.76. The van der Waals surface area contributed by atoms with Gasteiger partial charge in [0.1, 0.15) is 0 Å². The second-order valence-corrected chi connectivity index (χ2v) is 3.48. The van der Waals surface area contributed by atoms with Gasteiger partial charge < -0.3 is 4.74 Å². The van der Waals surface area contributed by atoms with Crippen molar-refractivity contribution in [2.45, 2.75) is 33.6 Å². The topological polar surface area (TPSA) is 50.1 Å². The summed E-state index contributed by atoms with van der Waals surface area (Å²) in [5.74, 6) is -0.224. The summed E-state index contributed by atoms with van der Waals surface area (Å²) in [5.41, 5.74) is -0.263. The minimum Gasteiger partial charge on any atom is -0.466 e. The van der Waals surface area contributed by atoms with Crippen molar-refractivity contribution in [3.8, 4) is 6.07 Å². The van der Waals surface area contributed by atoms with Gasteiger partial charge in [0.15, 0.2) is 0 Å². The highest BCUT2D eigenvalue weighted by Gasteiger charge is 2.22. The molecule has 0 spiro atoms. The highest BCUT2D eigenvalue weighted by Crippen LogP contribution is 2.24. The van der Waals surface area contributed by atoms with Crippen molar-refractivity contribution in [1.29, 1.82) is 5.26 Å². The molecule has 0 aliphatic heterocycles. The molecule has 0 amide bonds. The predicted octanol–water partition coefficient (Wildman–Crippen LogP) is 1.88. The monoisotopic (exact) mass is 169 g/mol. The Morgan fingerprint density at radius 2 is 2.17 bits per heavy atom. The summed E-state index contributed by atoms with van der Waals surface area (Å²) < 4.78 is 4.78. The van der Waals surface area contributed by atoms with Crippen molar-refractivity contribution in [2.24, 2.45) is 5.41 Å². The van der Waals surface area contributed by atoms with E-state index in [4.69, 9.17) is 10.00 Å². The Kier molecular flexibility index (Phi) is 4.35. The average molecular weight is 169 g/mol. The van der Waals surface area contributed by atoms with Crippen molar-refractivity contribution in [3.05, 3.63) is 0 Å². The zero-order valence-electron chi connectivity index (χ0n) is 7.89. The molecule has 0 aromatic heterocycles. The lowest BCUT2D eigenvalue weighted by molar-refractivity contribution is -0.145. The molecule has 0 aliphatic carbocycles. The third kappa shape index (κ3) is 4.73. The molecule has 0 N–H and O–H groups in total. The fourth-order valence-electron chi connectivity index (χ4n) is 0.879. The molecule has 3 heteroatoms. The first-order valence-electron chi connectivity index (χ1n) is 4.04. The number of hydrogen-bond acceptors (Lipinski definition) is 3. The molecule has 3 nitrogen and oxygen atoms in total. The predicted molar refractivity (Wildman–Crippen MR) is 45.3 cm³/mol. The maximum absolute atomic E-state index is 11.0. The summed E-state index contributed by atoms with van der Waals surface area (Å²) in [5, 5.41) is 8.44. The Labute approximate surface area is 73.3 Å². The normalized spacial score (nSPS) is 10.5. The maximum atomic E-state index is 11.0. The molecule has 0 atom stereocenters. The van der Waals surface area contributed by atoms with Crippen LogP contribution < -0.4 is 0 Å². The van der Waals surface area contributed by atoms with Gasteiger partial charge in [-0.1, -0.05) is 13.8 Å². The Morgan fingerprint density at radius 3 is 2.58 bits per heavy atom. The summed E-state index contributed by atoms with van der Waals surface area (Å²) in [4.78, 5) is 11.0. The van der Waals surface area contributed by atoms with Crippen LogP contribution in [-0.2, 0) is 9.53 Å². The number of nitriles is 1. The lowest BCUT2D eigenvalue weighted by Gasteiger charge is -2.18. The number of carbonyl (C=O) groups is 1. The Bertz CT molecular complexity index is 191. The fraction of sp³-hybridized carbons (Fsp3) is 0.778. The van der Waals surface area contributed by atoms with Crippen LogP contribution in [0.25, 0.3) is 0 Å². The van der Waals surface area contributed by atoms with Gasteiger partial charge in [0.05, 0.1) is 19.1 Å². The molecule has 0 aromatic carbocycles. The number of carbonyl (C=O) groups excluding carboxylic acids is 1. The first kappa shape index (κ1) is 11.0. The van der Waals surface area contributed by atoms with Gasteiger partial charge >= 0.3 is 5.97 Å². The third-order valence-corrected chi connectivity index (χ3v) is 1.49. The first-order chi connectivity index (χ1) is 5.52. The summed E-state index contributed by atoms with van der Waals surface area (Å²) in [6, 6.07) is 2.05. The van der Waals surface area contributed by atoms with Gasteiger partial charge in [-0.05, 0) is 12.3 Å². The summed E-state index contributed by atoms with van der Waals surface area (Å²) in [6.45, 7) is 5.94. The van der Waals surface area contributed by atoms with Crippen LogP contribution in [-0.4, -0.2) is 12.6 Å². The van der Waals surface area contributed by atoms with E-state index in [1.807, 2.05) is 19.9 Å². The number of esters is 1. The molecule has 0 saturated carbocycles. The molecule has 0 bridgehead atoms. The molecule has 0 radical (unpaired) electrons. The van der Waals surface area contributed by atoms with Crippen LogP contribution in [0.4, 0.5) is 0 Å². The zero-order valence-corrected chi connectivity index (χ0v) is 7.89. The second-order valence-electron chi connectivity index (χ2n) is 3.48. The molecule has 0 aliphatic rings. The van der Waals surface area contributed by atoms with E-state index in [-0.39, 0.29) is 11.4 Å². The SMILES string of the molecule is CCOC(=O)CC(C)(C)CC#N. The van der Waals surface area contributed by atoms with Gasteiger partial charge in [-0.3, -0.25) is 4.79 Å². The fourth-order valence-corrected chi connectivity index (χ4v) is 0.879. The molecule has 0 rings (SSSR count). The minimum absolute atomic E-state index is 0.224. The van der Waals surface area contributed by atoms with Gasteiger partial charge in [-0.2, -0.15) is 5.26 Å². The van der Waals surface area contributed by atoms with Gasteiger partial charge in [0.2, 0.25) is 0 Å². The van der Waals surface area contributed by atoms with E-state index in [9.17, 15) is 4.79 Å². The highest BCUT2D eigenvalue weighted by molar-refractivity contribution is 5.70. The average Bonchev–Trinajstić information content (AvgIpc) is 1.85. The maximum Gasteiger partial charge on any atom is 0.306 e. The zero-order chi connectivity index (χ0) is 9.61. The van der Waals surface area contributed by atoms with E-state index < -0.39 is 0 Å². The Hall–Kier alpha value is -1.04. The molecule has 12 heavy (non-hydrogen) atoms. The Balaban J connectivity index is 3.89. The number of ether oxygens (including phenoxy) is 1. The smallest absolute Gasteiger partial charge is 0.306 e. The summed E-state index contributed by atoms with van der Waals surface area (Å²) >= 11 is 0. The first-order valence-corrected chi connectivity index (χ1v) is 4.04. The van der Waals surface area contributed by atoms with Crippen LogP contribution in [0.2, 0.25) is 0 Å².